The smallest absolute Gasteiger partial charge is 0.135 e. The molecule has 0 bridgehead atoms. The normalized spacial score (nSPS) is 13.0. The maximum Gasteiger partial charge on any atom is 0.135 e. The van der Waals surface area contributed by atoms with Gasteiger partial charge in [0.2, 0.25) is 0 Å². The minimum atomic E-state index is -0.166. The topological polar surface area (TPSA) is 16.4 Å². The maximum absolute atomic E-state index is 6.39. The van der Waals surface area contributed by atoms with Gasteiger partial charge in [-0.1, -0.05) is 172 Å². The summed E-state index contributed by atoms with van der Waals surface area (Å²) in [7, 11) is 0. The molecule has 2 heteroatoms. The molecule has 296 valence electrons. The van der Waals surface area contributed by atoms with E-state index in [-0.39, 0.29) is 5.41 Å². The Morgan fingerprint density at radius 1 is 0.333 bits per heavy atom. The summed E-state index contributed by atoms with van der Waals surface area (Å²) in [6, 6.07) is 78.3. The number of hydrogen-bond acceptors (Lipinski definition) is 2. The van der Waals surface area contributed by atoms with E-state index in [1.54, 1.807) is 0 Å². The van der Waals surface area contributed by atoms with Gasteiger partial charge in [-0.2, -0.15) is 0 Å². The van der Waals surface area contributed by atoms with Gasteiger partial charge in [-0.25, -0.2) is 0 Å². The van der Waals surface area contributed by atoms with Crippen LogP contribution in [0.2, 0.25) is 0 Å². The van der Waals surface area contributed by atoms with Gasteiger partial charge in [0.05, 0.1) is 5.69 Å². The van der Waals surface area contributed by atoms with Gasteiger partial charge >= 0.3 is 0 Å². The first-order valence-corrected chi connectivity index (χ1v) is 21.9. The number of rotatable bonds is 5. The third kappa shape index (κ3) is 5.38. The average Bonchev–Trinajstić information content (AvgIpc) is 3.82. The van der Waals surface area contributed by atoms with Crippen molar-refractivity contribution < 1.29 is 4.42 Å². The maximum atomic E-state index is 6.39. The zero-order valence-electron chi connectivity index (χ0n) is 35.1. The molecule has 1 aliphatic carbocycles. The first-order valence-electron chi connectivity index (χ1n) is 21.9. The van der Waals surface area contributed by atoms with Crippen molar-refractivity contribution in [3.8, 4) is 33.4 Å². The van der Waals surface area contributed by atoms with Crippen LogP contribution in [0.5, 0.6) is 0 Å². The number of benzene rings is 11. The molecule has 0 aliphatic heterocycles. The lowest BCUT2D eigenvalue weighted by molar-refractivity contribution is 0.660. The van der Waals surface area contributed by atoms with Gasteiger partial charge in [-0.15, -0.1) is 0 Å². The van der Waals surface area contributed by atoms with Gasteiger partial charge in [-0.3, -0.25) is 0 Å². The van der Waals surface area contributed by atoms with Crippen molar-refractivity contribution in [3.05, 3.63) is 223 Å². The second kappa shape index (κ2) is 13.5. The third-order valence-corrected chi connectivity index (χ3v) is 13.8. The van der Waals surface area contributed by atoms with Crippen molar-refractivity contribution in [1.82, 2.24) is 0 Å². The summed E-state index contributed by atoms with van der Waals surface area (Å²) in [4.78, 5) is 2.50. The van der Waals surface area contributed by atoms with E-state index < -0.39 is 0 Å². The molecule has 12 aromatic rings. The molecule has 0 N–H and O–H groups in total. The van der Waals surface area contributed by atoms with Crippen LogP contribution in [0.3, 0.4) is 0 Å². The van der Waals surface area contributed by atoms with Crippen molar-refractivity contribution in [1.29, 1.82) is 0 Å². The number of hydrogen-bond donors (Lipinski definition) is 0. The third-order valence-electron chi connectivity index (χ3n) is 13.8. The number of para-hydroxylation sites is 1. The monoisotopic (exact) mass is 803 g/mol. The molecule has 0 amide bonds. The van der Waals surface area contributed by atoms with E-state index >= 15 is 0 Å². The molecule has 63 heavy (non-hydrogen) atoms. The van der Waals surface area contributed by atoms with Crippen molar-refractivity contribution in [2.45, 2.75) is 19.3 Å². The molecule has 0 spiro atoms. The molecular formula is C61H41NO. The molecule has 1 heterocycles. The Labute approximate surface area is 365 Å². The van der Waals surface area contributed by atoms with Crippen LogP contribution in [0.25, 0.3) is 98.4 Å². The lowest BCUT2D eigenvalue weighted by Gasteiger charge is -2.30. The Hall–Kier alpha value is -7.94. The summed E-state index contributed by atoms with van der Waals surface area (Å²) < 4.78 is 6.39. The van der Waals surface area contributed by atoms with E-state index in [2.05, 4.69) is 225 Å². The summed E-state index contributed by atoms with van der Waals surface area (Å²) in [6.45, 7) is 4.74. The van der Waals surface area contributed by atoms with E-state index in [1.165, 1.54) is 76.5 Å². The zero-order chi connectivity index (χ0) is 41.8. The highest BCUT2D eigenvalue weighted by atomic mass is 16.3. The summed E-state index contributed by atoms with van der Waals surface area (Å²) in [5.41, 5.74) is 15.0. The van der Waals surface area contributed by atoms with Crippen LogP contribution in [0.15, 0.2) is 217 Å². The Morgan fingerprint density at radius 3 is 1.67 bits per heavy atom. The summed E-state index contributed by atoms with van der Waals surface area (Å²) >= 11 is 0. The van der Waals surface area contributed by atoms with Gasteiger partial charge in [0, 0.05) is 33.1 Å². The van der Waals surface area contributed by atoms with E-state index in [0.29, 0.717) is 0 Å². The highest BCUT2D eigenvalue weighted by Gasteiger charge is 2.36. The molecule has 0 saturated heterocycles. The van der Waals surface area contributed by atoms with Crippen molar-refractivity contribution >= 4 is 82.1 Å². The fourth-order valence-electron chi connectivity index (χ4n) is 10.8. The van der Waals surface area contributed by atoms with Gasteiger partial charge in [0.15, 0.2) is 0 Å². The predicted molar refractivity (Wildman–Crippen MR) is 267 cm³/mol. The SMILES string of the molecule is CC1(C)c2ccccc2-c2ccc(N(c3ccc(-c4cccc5ccccc45)cc3)c3cc4c5ccccc5c5ccccc5c4cc3-c3ccc4oc5ccccc5c4c3)cc21. The van der Waals surface area contributed by atoms with E-state index in [0.717, 1.165) is 50.1 Å². The molecule has 0 saturated carbocycles. The van der Waals surface area contributed by atoms with Gasteiger partial charge in [-0.05, 0) is 137 Å². The number of furan rings is 1. The fraction of sp³-hybridized carbons (Fsp3) is 0.0492. The minimum Gasteiger partial charge on any atom is -0.456 e. The largest absolute Gasteiger partial charge is 0.456 e. The molecule has 0 fully saturated rings. The van der Waals surface area contributed by atoms with Crippen LogP contribution in [0.4, 0.5) is 17.1 Å². The Morgan fingerprint density at radius 2 is 0.889 bits per heavy atom. The van der Waals surface area contributed by atoms with Crippen LogP contribution >= 0.6 is 0 Å². The van der Waals surface area contributed by atoms with Crippen molar-refractivity contribution in [2.75, 3.05) is 4.90 Å². The number of nitrogens with zero attached hydrogens (tertiary/aromatic N) is 1. The molecular weight excluding hydrogens is 763 g/mol. The average molecular weight is 804 g/mol. The van der Waals surface area contributed by atoms with Gasteiger partial charge < -0.3 is 9.32 Å². The molecule has 1 aliphatic rings. The predicted octanol–water partition coefficient (Wildman–Crippen LogP) is 17.3. The highest BCUT2D eigenvalue weighted by Crippen LogP contribution is 2.52. The summed E-state index contributed by atoms with van der Waals surface area (Å²) in [5, 5.41) is 12.2. The first kappa shape index (κ1) is 35.8. The molecule has 0 radical (unpaired) electrons. The number of fused-ring (bicyclic) bond motifs is 13. The number of anilines is 3. The van der Waals surface area contributed by atoms with Crippen LogP contribution in [0, 0.1) is 0 Å². The van der Waals surface area contributed by atoms with E-state index in [9.17, 15) is 0 Å². The minimum absolute atomic E-state index is 0.166. The van der Waals surface area contributed by atoms with Crippen molar-refractivity contribution in [2.24, 2.45) is 0 Å². The molecule has 0 unspecified atom stereocenters. The molecule has 11 aromatic carbocycles. The second-order valence-electron chi connectivity index (χ2n) is 17.6. The standard InChI is InChI=1S/C61H41NO/c1-61(2)56-24-11-9-21-49(56)50-32-31-42(35-57(50)61)62(41-29-26-39(27-30-41)44-23-13-15-38-14-3-4-16-43(38)44)58-37-54-48-20-8-6-18-46(48)45-17-5-7-19-47(45)53(54)36-52(58)40-28-33-60-55(34-40)51-22-10-12-25-59(51)63-60/h3-37H,1-2H3. The van der Waals surface area contributed by atoms with Crippen LogP contribution in [-0.2, 0) is 5.41 Å². The fourth-order valence-corrected chi connectivity index (χ4v) is 10.8. The summed E-state index contributed by atoms with van der Waals surface area (Å²) in [5.74, 6) is 0. The first-order chi connectivity index (χ1) is 31.0. The van der Waals surface area contributed by atoms with Gasteiger partial charge in [0.1, 0.15) is 11.2 Å². The Kier molecular flexibility index (Phi) is 7.68. The Balaban J connectivity index is 1.12. The lowest BCUT2D eigenvalue weighted by atomic mass is 9.82. The zero-order valence-corrected chi connectivity index (χ0v) is 35.1. The van der Waals surface area contributed by atoms with Crippen LogP contribution in [0.1, 0.15) is 25.0 Å². The second-order valence-corrected chi connectivity index (χ2v) is 17.6. The molecule has 13 rings (SSSR count). The van der Waals surface area contributed by atoms with Crippen LogP contribution < -0.4 is 4.90 Å². The van der Waals surface area contributed by atoms with Gasteiger partial charge in [0.25, 0.3) is 0 Å². The molecule has 0 atom stereocenters. The lowest BCUT2D eigenvalue weighted by Crippen LogP contribution is -2.17. The Bertz CT molecular complexity index is 3830. The van der Waals surface area contributed by atoms with E-state index in [1.807, 2.05) is 6.07 Å². The van der Waals surface area contributed by atoms with Crippen molar-refractivity contribution in [3.63, 3.8) is 0 Å². The van der Waals surface area contributed by atoms with E-state index in [4.69, 9.17) is 4.42 Å². The summed E-state index contributed by atoms with van der Waals surface area (Å²) in [6.07, 6.45) is 0. The van der Waals surface area contributed by atoms with Crippen LogP contribution in [-0.4, -0.2) is 0 Å². The highest BCUT2D eigenvalue weighted by molar-refractivity contribution is 6.27. The molecule has 2 nitrogen and oxygen atoms in total. The molecule has 1 aromatic heterocycles. The quantitative estimate of drug-likeness (QED) is 0.161.